The summed E-state index contributed by atoms with van der Waals surface area (Å²) in [7, 11) is 0. The summed E-state index contributed by atoms with van der Waals surface area (Å²) in [6, 6.07) is 6.23. The van der Waals surface area contributed by atoms with Crippen molar-refractivity contribution in [3.63, 3.8) is 0 Å². The first-order valence-electron chi connectivity index (χ1n) is 5.18. The first-order valence-corrected chi connectivity index (χ1v) is 5.18. The van der Waals surface area contributed by atoms with E-state index in [2.05, 4.69) is 9.97 Å². The molecule has 0 spiro atoms. The minimum Gasteiger partial charge on any atom is -0.366 e. The Hall–Kier alpha value is -2.44. The molecule has 0 fully saturated rings. The average molecular weight is 267 g/mol. The number of carbonyl (C=O) groups excluding carboxylic acids is 1. The average Bonchev–Trinajstić information content (AvgIpc) is 2.38. The van der Waals surface area contributed by atoms with E-state index in [1.807, 2.05) is 0 Å². The van der Waals surface area contributed by atoms with Crippen LogP contribution in [-0.4, -0.2) is 15.9 Å². The van der Waals surface area contributed by atoms with Gasteiger partial charge in [0.15, 0.2) is 5.69 Å². The number of nitrogens with zero attached hydrogens (tertiary/aromatic N) is 2. The lowest BCUT2D eigenvalue weighted by molar-refractivity contribution is -0.141. The summed E-state index contributed by atoms with van der Waals surface area (Å²) in [5.41, 5.74) is 4.77. The summed E-state index contributed by atoms with van der Waals surface area (Å²) >= 11 is 0. The van der Waals surface area contributed by atoms with Crippen molar-refractivity contribution in [1.82, 2.24) is 9.97 Å². The third kappa shape index (κ3) is 2.70. The number of nitrogens with two attached hydrogens (primary N) is 1. The summed E-state index contributed by atoms with van der Waals surface area (Å²) in [6.07, 6.45) is -2.97. The quantitative estimate of drug-likeness (QED) is 0.907. The Balaban J connectivity index is 2.46. The Morgan fingerprint density at radius 3 is 2.32 bits per heavy atom. The van der Waals surface area contributed by atoms with E-state index in [-0.39, 0.29) is 11.3 Å². The van der Waals surface area contributed by atoms with Gasteiger partial charge in [0.05, 0.1) is 18.1 Å². The molecule has 0 atom stereocenters. The van der Waals surface area contributed by atoms with Gasteiger partial charge in [-0.2, -0.15) is 13.2 Å². The highest BCUT2D eigenvalue weighted by Crippen LogP contribution is 2.28. The van der Waals surface area contributed by atoms with Crippen LogP contribution < -0.4 is 5.73 Å². The molecule has 1 heterocycles. The smallest absolute Gasteiger partial charge is 0.366 e. The van der Waals surface area contributed by atoms with Crippen molar-refractivity contribution in [2.24, 2.45) is 5.73 Å². The van der Waals surface area contributed by atoms with Crippen molar-refractivity contribution < 1.29 is 18.0 Å². The predicted molar refractivity (Wildman–Crippen MR) is 61.0 cm³/mol. The van der Waals surface area contributed by atoms with Crippen molar-refractivity contribution in [2.45, 2.75) is 6.18 Å². The Morgan fingerprint density at radius 2 is 1.79 bits per heavy atom. The maximum absolute atomic E-state index is 12.4. The number of hydrogen-bond donors (Lipinski definition) is 1. The molecule has 19 heavy (non-hydrogen) atoms. The fourth-order valence-electron chi connectivity index (χ4n) is 1.53. The summed E-state index contributed by atoms with van der Waals surface area (Å²) in [5, 5.41) is 0. The molecule has 98 valence electrons. The third-order valence-corrected chi connectivity index (χ3v) is 2.41. The largest absolute Gasteiger partial charge is 0.434 e. The Labute approximate surface area is 106 Å². The molecule has 4 nitrogen and oxygen atoms in total. The van der Waals surface area contributed by atoms with Gasteiger partial charge in [-0.3, -0.25) is 9.78 Å². The predicted octanol–water partition coefficient (Wildman–Crippen LogP) is 2.26. The molecular formula is C12H8F3N3O. The standard InChI is InChI=1S/C12H8F3N3O/c13-12(14,15)10-6-17-9(5-18-10)7-3-1-2-4-8(7)11(16)19/h1-6H,(H2,16,19). The zero-order chi connectivity index (χ0) is 14.0. The van der Waals surface area contributed by atoms with Crippen LogP contribution in [0, 0.1) is 0 Å². The van der Waals surface area contributed by atoms with E-state index >= 15 is 0 Å². The van der Waals surface area contributed by atoms with Gasteiger partial charge in [0.25, 0.3) is 0 Å². The number of alkyl halides is 3. The highest BCUT2D eigenvalue weighted by molar-refractivity contribution is 5.99. The molecule has 0 aliphatic heterocycles. The molecule has 1 amide bonds. The molecule has 0 saturated heterocycles. The number of aromatic nitrogens is 2. The molecule has 0 unspecified atom stereocenters. The molecule has 0 radical (unpaired) electrons. The highest BCUT2D eigenvalue weighted by Gasteiger charge is 2.32. The van der Waals surface area contributed by atoms with Gasteiger partial charge in [0, 0.05) is 11.1 Å². The number of carbonyl (C=O) groups is 1. The molecule has 2 N–H and O–H groups in total. The zero-order valence-electron chi connectivity index (χ0n) is 9.48. The van der Waals surface area contributed by atoms with E-state index < -0.39 is 17.8 Å². The number of benzene rings is 1. The molecule has 1 aromatic carbocycles. The Kier molecular flexibility index (Phi) is 3.20. The maximum Gasteiger partial charge on any atom is 0.434 e. The molecule has 0 bridgehead atoms. The summed E-state index contributed by atoms with van der Waals surface area (Å²) in [6.45, 7) is 0. The molecule has 0 aliphatic carbocycles. The molecular weight excluding hydrogens is 259 g/mol. The van der Waals surface area contributed by atoms with Gasteiger partial charge in [-0.1, -0.05) is 18.2 Å². The number of rotatable bonds is 2. The van der Waals surface area contributed by atoms with Crippen LogP contribution in [0.25, 0.3) is 11.3 Å². The van der Waals surface area contributed by atoms with Crippen LogP contribution in [0.4, 0.5) is 13.2 Å². The van der Waals surface area contributed by atoms with Crippen LogP contribution in [0.3, 0.4) is 0 Å². The first-order chi connectivity index (χ1) is 8.89. The third-order valence-electron chi connectivity index (χ3n) is 2.41. The number of halogens is 3. The van der Waals surface area contributed by atoms with Crippen molar-refractivity contribution in [1.29, 1.82) is 0 Å². The van der Waals surface area contributed by atoms with Gasteiger partial charge in [-0.05, 0) is 6.07 Å². The lowest BCUT2D eigenvalue weighted by atomic mass is 10.0. The number of hydrogen-bond acceptors (Lipinski definition) is 3. The molecule has 2 aromatic rings. The second-order valence-corrected chi connectivity index (χ2v) is 3.69. The maximum atomic E-state index is 12.4. The van der Waals surface area contributed by atoms with Gasteiger partial charge in [0.2, 0.25) is 5.91 Å². The second kappa shape index (κ2) is 4.68. The van der Waals surface area contributed by atoms with Gasteiger partial charge in [0.1, 0.15) is 0 Å². The van der Waals surface area contributed by atoms with Crippen molar-refractivity contribution in [3.8, 4) is 11.3 Å². The monoisotopic (exact) mass is 267 g/mol. The molecule has 1 aromatic heterocycles. The summed E-state index contributed by atoms with van der Waals surface area (Å²) in [5.74, 6) is -0.683. The number of amides is 1. The van der Waals surface area contributed by atoms with Crippen LogP contribution in [0.15, 0.2) is 36.7 Å². The van der Waals surface area contributed by atoms with Gasteiger partial charge in [-0.15, -0.1) is 0 Å². The lowest BCUT2D eigenvalue weighted by Crippen LogP contribution is -2.13. The molecule has 7 heteroatoms. The lowest BCUT2D eigenvalue weighted by Gasteiger charge is -2.08. The van der Waals surface area contributed by atoms with E-state index in [4.69, 9.17) is 5.73 Å². The van der Waals surface area contributed by atoms with Crippen LogP contribution >= 0.6 is 0 Å². The van der Waals surface area contributed by atoms with E-state index in [1.165, 1.54) is 12.1 Å². The normalized spacial score (nSPS) is 11.3. The summed E-state index contributed by atoms with van der Waals surface area (Å²) < 4.78 is 37.1. The van der Waals surface area contributed by atoms with Crippen LogP contribution in [-0.2, 0) is 6.18 Å². The van der Waals surface area contributed by atoms with Crippen molar-refractivity contribution in [2.75, 3.05) is 0 Å². The molecule has 2 rings (SSSR count). The fourth-order valence-corrected chi connectivity index (χ4v) is 1.53. The Bertz CT molecular complexity index is 608. The van der Waals surface area contributed by atoms with Crippen molar-refractivity contribution in [3.05, 3.63) is 47.9 Å². The highest BCUT2D eigenvalue weighted by atomic mass is 19.4. The topological polar surface area (TPSA) is 68.9 Å². The van der Waals surface area contributed by atoms with Gasteiger partial charge < -0.3 is 5.73 Å². The zero-order valence-corrected chi connectivity index (χ0v) is 9.48. The first kappa shape index (κ1) is 13.0. The van der Waals surface area contributed by atoms with Crippen LogP contribution in [0.1, 0.15) is 16.1 Å². The SMILES string of the molecule is NC(=O)c1ccccc1-c1cnc(C(F)(F)F)cn1. The van der Waals surface area contributed by atoms with Crippen LogP contribution in [0.2, 0.25) is 0 Å². The fraction of sp³-hybridized carbons (Fsp3) is 0.0833. The second-order valence-electron chi connectivity index (χ2n) is 3.69. The van der Waals surface area contributed by atoms with Crippen LogP contribution in [0.5, 0.6) is 0 Å². The minimum absolute atomic E-state index is 0.155. The molecule has 0 aliphatic rings. The van der Waals surface area contributed by atoms with Crippen molar-refractivity contribution >= 4 is 5.91 Å². The summed E-state index contributed by atoms with van der Waals surface area (Å²) in [4.78, 5) is 18.2. The van der Waals surface area contributed by atoms with E-state index in [0.29, 0.717) is 11.8 Å². The van der Waals surface area contributed by atoms with Gasteiger partial charge in [-0.25, -0.2) is 4.98 Å². The van der Waals surface area contributed by atoms with E-state index in [9.17, 15) is 18.0 Å². The number of primary amides is 1. The van der Waals surface area contributed by atoms with Gasteiger partial charge >= 0.3 is 6.18 Å². The van der Waals surface area contributed by atoms with E-state index in [0.717, 1.165) is 6.20 Å². The van der Waals surface area contributed by atoms with E-state index in [1.54, 1.807) is 12.1 Å². The minimum atomic E-state index is -4.55. The Morgan fingerprint density at radius 1 is 1.11 bits per heavy atom. The molecule has 0 saturated carbocycles.